The number of nitrogens with zero attached hydrogens (tertiary/aromatic N) is 1. The van der Waals surface area contributed by atoms with E-state index in [0.29, 0.717) is 17.9 Å². The lowest BCUT2D eigenvalue weighted by molar-refractivity contribution is 0.0736. The highest BCUT2D eigenvalue weighted by Crippen LogP contribution is 2.34. The molecule has 0 aliphatic carbocycles. The van der Waals surface area contributed by atoms with Gasteiger partial charge in [-0.15, -0.1) is 0 Å². The van der Waals surface area contributed by atoms with Crippen LogP contribution in [0.25, 0.3) is 22.2 Å². The van der Waals surface area contributed by atoms with Crippen LogP contribution in [0.5, 0.6) is 11.5 Å². The minimum absolute atomic E-state index is 0.0620. The second kappa shape index (κ2) is 11.6. The predicted octanol–water partition coefficient (Wildman–Crippen LogP) is 9.31. The fourth-order valence-corrected chi connectivity index (χ4v) is 5.15. The van der Waals surface area contributed by atoms with Crippen LogP contribution in [0.15, 0.2) is 91.0 Å². The molecular formula is C37H37NO3. The molecule has 4 nitrogen and oxygen atoms in total. The highest BCUT2D eigenvalue weighted by atomic mass is 16.5. The minimum Gasteiger partial charge on any atom is -0.489 e. The van der Waals surface area contributed by atoms with E-state index in [9.17, 15) is 4.79 Å². The van der Waals surface area contributed by atoms with Gasteiger partial charge in [0.1, 0.15) is 18.1 Å². The number of fused-ring (bicyclic) bond motifs is 1. The van der Waals surface area contributed by atoms with E-state index in [1.807, 2.05) is 106 Å². The van der Waals surface area contributed by atoms with E-state index in [4.69, 9.17) is 14.5 Å². The summed E-state index contributed by atoms with van der Waals surface area (Å²) < 4.78 is 12.0. The Morgan fingerprint density at radius 2 is 1.49 bits per heavy atom. The lowest BCUT2D eigenvalue weighted by Gasteiger charge is -2.23. The molecule has 0 radical (unpaired) electrons. The van der Waals surface area contributed by atoms with Crippen molar-refractivity contribution in [3.63, 3.8) is 0 Å². The fourth-order valence-electron chi connectivity index (χ4n) is 5.15. The molecule has 41 heavy (non-hydrogen) atoms. The van der Waals surface area contributed by atoms with Crippen molar-refractivity contribution in [2.45, 2.75) is 60.0 Å². The Labute approximate surface area is 243 Å². The van der Waals surface area contributed by atoms with E-state index in [1.165, 1.54) is 5.56 Å². The van der Waals surface area contributed by atoms with Gasteiger partial charge < -0.3 is 9.47 Å². The Hall–Kier alpha value is -4.44. The molecule has 4 aromatic carbocycles. The molecule has 0 atom stereocenters. The second-order valence-corrected chi connectivity index (χ2v) is 11.4. The molecule has 0 aliphatic rings. The third-order valence-electron chi connectivity index (χ3n) is 7.98. The Balaban J connectivity index is 1.49. The van der Waals surface area contributed by atoms with Crippen molar-refractivity contribution in [2.75, 3.05) is 0 Å². The smallest absolute Gasteiger partial charge is 0.344 e. The van der Waals surface area contributed by atoms with Crippen molar-refractivity contribution in [2.24, 2.45) is 0 Å². The van der Waals surface area contributed by atoms with Gasteiger partial charge in [-0.25, -0.2) is 9.78 Å². The van der Waals surface area contributed by atoms with Crippen LogP contribution in [0.1, 0.15) is 65.4 Å². The van der Waals surface area contributed by atoms with Gasteiger partial charge in [0.05, 0.1) is 16.8 Å². The zero-order chi connectivity index (χ0) is 29.1. The molecule has 0 unspecified atom stereocenters. The zero-order valence-corrected chi connectivity index (χ0v) is 24.7. The Kier molecular flexibility index (Phi) is 7.94. The largest absolute Gasteiger partial charge is 0.489 e. The van der Waals surface area contributed by atoms with Crippen molar-refractivity contribution in [3.05, 3.63) is 124 Å². The molecule has 4 heteroatoms. The Morgan fingerprint density at radius 1 is 0.829 bits per heavy atom. The predicted molar refractivity (Wildman–Crippen MR) is 167 cm³/mol. The highest BCUT2D eigenvalue weighted by molar-refractivity contribution is 6.08. The van der Waals surface area contributed by atoms with Crippen LogP contribution < -0.4 is 9.47 Å². The van der Waals surface area contributed by atoms with E-state index < -0.39 is 0 Å². The maximum Gasteiger partial charge on any atom is 0.344 e. The number of rotatable bonds is 8. The van der Waals surface area contributed by atoms with Crippen LogP contribution in [-0.4, -0.2) is 11.0 Å². The molecule has 0 saturated heterocycles. The SMILES string of the molecule is CCC(C)(C)c1ccc(OC(=O)c2c(C)c(-c3ccc(OCc4ccccc4)cc3)nc3c(C)cc(C)cc23)cc1. The standard InChI is InChI=1S/C37H37NO3/c1-7-37(5,6)29-15-19-31(20-16-29)41-36(39)33-26(4)35(38-34-25(3)21-24(2)22-32(33)34)28-13-17-30(18-14-28)40-23-27-11-9-8-10-12-27/h8-22H,7,23H2,1-6H3. The van der Waals surface area contributed by atoms with Gasteiger partial charge in [0.2, 0.25) is 0 Å². The maximum atomic E-state index is 13.8. The molecular weight excluding hydrogens is 506 g/mol. The van der Waals surface area contributed by atoms with E-state index in [2.05, 4.69) is 26.8 Å². The number of aryl methyl sites for hydroxylation is 2. The van der Waals surface area contributed by atoms with Crippen LogP contribution in [0.3, 0.4) is 0 Å². The summed E-state index contributed by atoms with van der Waals surface area (Å²) in [5, 5.41) is 0.806. The molecule has 0 amide bonds. The minimum atomic E-state index is -0.383. The van der Waals surface area contributed by atoms with Crippen molar-refractivity contribution in [3.8, 4) is 22.8 Å². The summed E-state index contributed by atoms with van der Waals surface area (Å²) in [7, 11) is 0. The van der Waals surface area contributed by atoms with E-state index in [0.717, 1.165) is 56.6 Å². The van der Waals surface area contributed by atoms with Crippen molar-refractivity contribution >= 4 is 16.9 Å². The lowest BCUT2D eigenvalue weighted by atomic mass is 9.82. The summed E-state index contributed by atoms with van der Waals surface area (Å²) >= 11 is 0. The summed E-state index contributed by atoms with van der Waals surface area (Å²) in [6, 6.07) is 30.0. The van der Waals surface area contributed by atoms with Gasteiger partial charge in [-0.3, -0.25) is 0 Å². The van der Waals surface area contributed by atoms with Crippen LogP contribution >= 0.6 is 0 Å². The quantitative estimate of drug-likeness (QED) is 0.144. The van der Waals surface area contributed by atoms with E-state index in [1.54, 1.807) is 0 Å². The van der Waals surface area contributed by atoms with Gasteiger partial charge in [0.15, 0.2) is 0 Å². The number of carbonyl (C=O) groups is 1. The molecule has 0 aliphatic heterocycles. The van der Waals surface area contributed by atoms with Crippen molar-refractivity contribution in [1.29, 1.82) is 0 Å². The molecule has 5 rings (SSSR count). The van der Waals surface area contributed by atoms with Gasteiger partial charge >= 0.3 is 5.97 Å². The van der Waals surface area contributed by atoms with Gasteiger partial charge in [-0.1, -0.05) is 74.9 Å². The van der Waals surface area contributed by atoms with Crippen LogP contribution in [0, 0.1) is 20.8 Å². The number of pyridine rings is 1. The molecule has 0 spiro atoms. The van der Waals surface area contributed by atoms with Crippen LogP contribution in [-0.2, 0) is 12.0 Å². The Bertz CT molecular complexity index is 1690. The first-order valence-electron chi connectivity index (χ1n) is 14.2. The van der Waals surface area contributed by atoms with Crippen molar-refractivity contribution < 1.29 is 14.3 Å². The second-order valence-electron chi connectivity index (χ2n) is 11.4. The number of aromatic nitrogens is 1. The van der Waals surface area contributed by atoms with Crippen LogP contribution in [0.4, 0.5) is 0 Å². The topological polar surface area (TPSA) is 48.4 Å². The number of hydrogen-bond acceptors (Lipinski definition) is 4. The normalized spacial score (nSPS) is 11.5. The number of hydrogen-bond donors (Lipinski definition) is 0. The molecule has 1 heterocycles. The first-order valence-corrected chi connectivity index (χ1v) is 14.2. The number of ether oxygens (including phenoxy) is 2. The summed E-state index contributed by atoms with van der Waals surface area (Å²) in [4.78, 5) is 18.9. The molecule has 0 N–H and O–H groups in total. The molecule has 0 fully saturated rings. The molecule has 1 aromatic heterocycles. The van der Waals surface area contributed by atoms with Gasteiger partial charge in [-0.2, -0.15) is 0 Å². The number of carbonyl (C=O) groups excluding carboxylic acids is 1. The monoisotopic (exact) mass is 543 g/mol. The average molecular weight is 544 g/mol. The maximum absolute atomic E-state index is 13.8. The molecule has 0 saturated carbocycles. The number of esters is 1. The summed E-state index contributed by atoms with van der Waals surface area (Å²) in [5.41, 5.74) is 8.28. The van der Waals surface area contributed by atoms with Gasteiger partial charge in [0.25, 0.3) is 0 Å². The summed E-state index contributed by atoms with van der Waals surface area (Å²) in [5.74, 6) is 0.921. The third-order valence-corrected chi connectivity index (χ3v) is 7.98. The molecule has 5 aromatic rings. The summed E-state index contributed by atoms with van der Waals surface area (Å²) in [6.45, 7) is 13.1. The zero-order valence-electron chi connectivity index (χ0n) is 24.7. The molecule has 0 bridgehead atoms. The first-order chi connectivity index (χ1) is 19.7. The lowest BCUT2D eigenvalue weighted by Crippen LogP contribution is -2.16. The first kappa shape index (κ1) is 28.1. The Morgan fingerprint density at radius 3 is 2.15 bits per heavy atom. The van der Waals surface area contributed by atoms with E-state index >= 15 is 0 Å². The molecule has 208 valence electrons. The van der Waals surface area contributed by atoms with E-state index in [-0.39, 0.29) is 11.4 Å². The van der Waals surface area contributed by atoms with Gasteiger partial charge in [-0.05, 0) is 97.3 Å². The highest BCUT2D eigenvalue weighted by Gasteiger charge is 2.23. The fraction of sp³-hybridized carbons (Fsp3) is 0.243. The summed E-state index contributed by atoms with van der Waals surface area (Å²) in [6.07, 6.45) is 1.02. The van der Waals surface area contributed by atoms with Gasteiger partial charge in [0, 0.05) is 10.9 Å². The van der Waals surface area contributed by atoms with Crippen molar-refractivity contribution in [1.82, 2.24) is 4.98 Å². The van der Waals surface area contributed by atoms with Crippen LogP contribution in [0.2, 0.25) is 0 Å². The average Bonchev–Trinajstić information content (AvgIpc) is 2.97. The third kappa shape index (κ3) is 6.02. The number of benzene rings is 4.